The van der Waals surface area contributed by atoms with Gasteiger partial charge in [0.2, 0.25) is 0 Å². The van der Waals surface area contributed by atoms with Gasteiger partial charge >= 0.3 is 0 Å². The van der Waals surface area contributed by atoms with Crippen LogP contribution in [0.15, 0.2) is 36.4 Å². The van der Waals surface area contributed by atoms with E-state index in [9.17, 15) is 5.11 Å². The first-order valence-electron chi connectivity index (χ1n) is 16.2. The number of aliphatic hydroxyl groups excluding tert-OH is 1. The maximum Gasteiger partial charge on any atom is 0.122 e. The Balaban J connectivity index is 2.18. The van der Waals surface area contributed by atoms with Crippen molar-refractivity contribution in [1.29, 1.82) is 0 Å². The lowest BCUT2D eigenvalue weighted by Crippen LogP contribution is -2.30. The number of aliphatic hydroxyl groups is 1. The summed E-state index contributed by atoms with van der Waals surface area (Å²) < 4.78 is 12.0. The lowest BCUT2D eigenvalue weighted by Gasteiger charge is -2.34. The lowest BCUT2D eigenvalue weighted by atomic mass is 9.69. The van der Waals surface area contributed by atoms with Crippen LogP contribution in [-0.4, -0.2) is 30.5 Å². The molecule has 2 atom stereocenters. The normalized spacial score (nSPS) is 13.8. The highest BCUT2D eigenvalue weighted by Gasteiger charge is 2.32. The number of ether oxygens (including phenoxy) is 2. The van der Waals surface area contributed by atoms with E-state index in [1.807, 2.05) is 6.92 Å². The zero-order valence-electron chi connectivity index (χ0n) is 27.4. The number of benzene rings is 2. The van der Waals surface area contributed by atoms with Gasteiger partial charge in [0.25, 0.3) is 0 Å². The Morgan fingerprint density at radius 3 is 2.02 bits per heavy atom. The van der Waals surface area contributed by atoms with Gasteiger partial charge in [-0.25, -0.2) is 0 Å². The summed E-state index contributed by atoms with van der Waals surface area (Å²) in [5, 5.41) is 11.0. The monoisotopic (exact) mass is 552 g/mol. The van der Waals surface area contributed by atoms with Crippen molar-refractivity contribution >= 4 is 0 Å². The molecule has 0 spiro atoms. The van der Waals surface area contributed by atoms with E-state index >= 15 is 0 Å². The molecule has 3 nitrogen and oxygen atoms in total. The van der Waals surface area contributed by atoms with Gasteiger partial charge in [0.15, 0.2) is 0 Å². The van der Waals surface area contributed by atoms with E-state index in [0.717, 1.165) is 44.3 Å². The third kappa shape index (κ3) is 9.08. The number of hydrogen-bond donors (Lipinski definition) is 1. The molecule has 226 valence electrons. The van der Waals surface area contributed by atoms with Gasteiger partial charge in [0.05, 0.1) is 12.2 Å². The SMILES string of the molecule is CCCCCCC(C)(C)C(O)CCc1ccc(C(CC)(CC)c2ccc(OCC(CC)OCC)c(C)c2)cc1C. The molecule has 2 aromatic rings. The van der Waals surface area contributed by atoms with Gasteiger partial charge in [-0.2, -0.15) is 0 Å². The zero-order valence-corrected chi connectivity index (χ0v) is 27.4. The number of rotatable bonds is 19. The summed E-state index contributed by atoms with van der Waals surface area (Å²) >= 11 is 0. The zero-order chi connectivity index (χ0) is 29.8. The van der Waals surface area contributed by atoms with Gasteiger partial charge < -0.3 is 14.6 Å². The van der Waals surface area contributed by atoms with Crippen LogP contribution in [0.2, 0.25) is 0 Å². The third-order valence-corrected chi connectivity index (χ3v) is 9.38. The first-order valence-corrected chi connectivity index (χ1v) is 16.2. The highest BCUT2D eigenvalue weighted by atomic mass is 16.5. The Hall–Kier alpha value is -1.84. The largest absolute Gasteiger partial charge is 0.491 e. The molecule has 0 saturated heterocycles. The Bertz CT molecular complexity index is 1000. The van der Waals surface area contributed by atoms with Crippen LogP contribution in [0.4, 0.5) is 0 Å². The molecule has 0 aromatic heterocycles. The minimum absolute atomic E-state index is 0.0324. The molecule has 2 aromatic carbocycles. The summed E-state index contributed by atoms with van der Waals surface area (Å²) in [6.07, 6.45) is 10.7. The second kappa shape index (κ2) is 16.6. The average molecular weight is 553 g/mol. The molecule has 2 rings (SSSR count). The third-order valence-electron chi connectivity index (χ3n) is 9.38. The van der Waals surface area contributed by atoms with Crippen LogP contribution in [-0.2, 0) is 16.6 Å². The van der Waals surface area contributed by atoms with Crippen LogP contribution >= 0.6 is 0 Å². The van der Waals surface area contributed by atoms with Crippen LogP contribution in [0.1, 0.15) is 134 Å². The molecular weight excluding hydrogens is 492 g/mol. The molecule has 0 aliphatic carbocycles. The predicted octanol–water partition coefficient (Wildman–Crippen LogP) is 9.89. The molecule has 1 N–H and O–H groups in total. The first-order chi connectivity index (χ1) is 19.1. The summed E-state index contributed by atoms with van der Waals surface area (Å²) in [6, 6.07) is 13.8. The van der Waals surface area contributed by atoms with Gasteiger partial charge in [0.1, 0.15) is 12.4 Å². The van der Waals surface area contributed by atoms with E-state index < -0.39 is 0 Å². The van der Waals surface area contributed by atoms with Gasteiger partial charge in [0, 0.05) is 12.0 Å². The van der Waals surface area contributed by atoms with Crippen LogP contribution < -0.4 is 4.74 Å². The molecule has 0 radical (unpaired) electrons. The van der Waals surface area contributed by atoms with E-state index in [4.69, 9.17) is 9.47 Å². The summed E-state index contributed by atoms with van der Waals surface area (Å²) in [7, 11) is 0. The highest BCUT2D eigenvalue weighted by molar-refractivity contribution is 5.47. The topological polar surface area (TPSA) is 38.7 Å². The summed E-state index contributed by atoms with van der Waals surface area (Å²) in [6.45, 7) is 21.2. The first kappa shape index (κ1) is 34.4. The van der Waals surface area contributed by atoms with E-state index in [0.29, 0.717) is 13.2 Å². The minimum atomic E-state index is -0.275. The molecule has 0 bridgehead atoms. The van der Waals surface area contributed by atoms with Crippen molar-refractivity contribution in [2.24, 2.45) is 5.41 Å². The van der Waals surface area contributed by atoms with Crippen LogP contribution in [0, 0.1) is 19.3 Å². The van der Waals surface area contributed by atoms with Crippen molar-refractivity contribution < 1.29 is 14.6 Å². The molecule has 0 saturated carbocycles. The molecule has 3 heteroatoms. The van der Waals surface area contributed by atoms with Gasteiger partial charge in [-0.15, -0.1) is 0 Å². The Kier molecular flexibility index (Phi) is 14.2. The van der Waals surface area contributed by atoms with E-state index in [1.54, 1.807) is 0 Å². The summed E-state index contributed by atoms with van der Waals surface area (Å²) in [4.78, 5) is 0. The molecule has 0 aliphatic rings. The minimum Gasteiger partial charge on any atom is -0.491 e. The molecule has 0 fully saturated rings. The Morgan fingerprint density at radius 2 is 1.48 bits per heavy atom. The van der Waals surface area contributed by atoms with Crippen molar-refractivity contribution in [2.75, 3.05) is 13.2 Å². The van der Waals surface area contributed by atoms with Crippen molar-refractivity contribution in [1.82, 2.24) is 0 Å². The standard InChI is InChI=1S/C37H60O3/c1-10-15-16-17-24-36(8,9)35(38)23-19-30-18-20-31(25-28(30)6)37(12-3,13-4)32-21-22-34(29(7)26-32)40-27-33(11-2)39-14-5/h18,20-22,25-26,33,35,38H,10-17,19,23-24,27H2,1-9H3. The van der Waals surface area contributed by atoms with Gasteiger partial charge in [-0.1, -0.05) is 97.6 Å². The average Bonchev–Trinajstić information content (AvgIpc) is 2.94. The second-order valence-corrected chi connectivity index (χ2v) is 12.6. The van der Waals surface area contributed by atoms with Crippen molar-refractivity contribution in [2.45, 2.75) is 144 Å². The predicted molar refractivity (Wildman–Crippen MR) is 172 cm³/mol. The van der Waals surface area contributed by atoms with Gasteiger partial charge in [-0.05, 0) is 98.6 Å². The van der Waals surface area contributed by atoms with E-state index in [-0.39, 0.29) is 23.0 Å². The second-order valence-electron chi connectivity index (χ2n) is 12.6. The maximum atomic E-state index is 11.0. The van der Waals surface area contributed by atoms with Crippen LogP contribution in [0.25, 0.3) is 0 Å². The number of unbranched alkanes of at least 4 members (excludes halogenated alkanes) is 3. The quantitative estimate of drug-likeness (QED) is 0.176. The van der Waals surface area contributed by atoms with Crippen LogP contribution in [0.3, 0.4) is 0 Å². The lowest BCUT2D eigenvalue weighted by molar-refractivity contribution is 0.0254. The molecule has 2 unspecified atom stereocenters. The fraction of sp³-hybridized carbons (Fsp3) is 0.676. The fourth-order valence-electron chi connectivity index (χ4n) is 6.18. The molecule has 0 heterocycles. The van der Waals surface area contributed by atoms with Crippen LogP contribution in [0.5, 0.6) is 5.75 Å². The van der Waals surface area contributed by atoms with E-state index in [2.05, 4.69) is 91.8 Å². The Morgan fingerprint density at radius 1 is 0.825 bits per heavy atom. The highest BCUT2D eigenvalue weighted by Crippen LogP contribution is 2.41. The molecular formula is C37H60O3. The Labute approximate surface area is 247 Å². The molecule has 0 amide bonds. The molecule has 40 heavy (non-hydrogen) atoms. The fourth-order valence-corrected chi connectivity index (χ4v) is 6.18. The van der Waals surface area contributed by atoms with Gasteiger partial charge in [-0.3, -0.25) is 0 Å². The number of hydrogen-bond acceptors (Lipinski definition) is 3. The van der Waals surface area contributed by atoms with Crippen molar-refractivity contribution in [3.8, 4) is 5.75 Å². The maximum absolute atomic E-state index is 11.0. The van der Waals surface area contributed by atoms with Crippen molar-refractivity contribution in [3.63, 3.8) is 0 Å². The van der Waals surface area contributed by atoms with E-state index in [1.165, 1.54) is 53.5 Å². The summed E-state index contributed by atoms with van der Waals surface area (Å²) in [5.74, 6) is 0.946. The molecule has 0 aliphatic heterocycles. The number of aryl methyl sites for hydroxylation is 3. The van der Waals surface area contributed by atoms with Crippen molar-refractivity contribution in [3.05, 3.63) is 64.2 Å². The smallest absolute Gasteiger partial charge is 0.122 e. The summed E-state index contributed by atoms with van der Waals surface area (Å²) in [5.41, 5.74) is 6.52.